The van der Waals surface area contributed by atoms with Crippen LogP contribution in [0.5, 0.6) is 0 Å². The van der Waals surface area contributed by atoms with Gasteiger partial charge in [-0.2, -0.15) is 0 Å². The van der Waals surface area contributed by atoms with Gasteiger partial charge in [0.05, 0.1) is 12.5 Å². The third kappa shape index (κ3) is 5.24. The molecule has 0 aliphatic carbocycles. The van der Waals surface area contributed by atoms with E-state index < -0.39 is 0 Å². The van der Waals surface area contributed by atoms with E-state index in [-0.39, 0.29) is 0 Å². The maximum Gasteiger partial charge on any atom is 0.0902 e. The molecule has 2 N–H and O–H groups in total. The van der Waals surface area contributed by atoms with Crippen LogP contribution in [-0.2, 0) is 0 Å². The van der Waals surface area contributed by atoms with Crippen molar-refractivity contribution in [3.63, 3.8) is 0 Å². The highest BCUT2D eigenvalue weighted by Crippen LogP contribution is 1.79. The van der Waals surface area contributed by atoms with Crippen molar-refractivity contribution < 1.29 is 4.42 Å². The van der Waals surface area contributed by atoms with Crippen molar-refractivity contribution in [3.8, 4) is 0 Å². The lowest BCUT2D eigenvalue weighted by Gasteiger charge is -1.53. The van der Waals surface area contributed by atoms with E-state index in [2.05, 4.69) is 4.42 Å². The number of nitrogens with two attached hydrogens (primary N) is 1. The smallest absolute Gasteiger partial charge is 0.0902 e. The van der Waals surface area contributed by atoms with Crippen LogP contribution >= 0.6 is 0 Å². The normalized spacial score (nSPS) is 7.25. The van der Waals surface area contributed by atoms with Gasteiger partial charge in [-0.25, -0.2) is 0 Å². The second-order valence-corrected chi connectivity index (χ2v) is 1.20. The maximum absolute atomic E-state index is 4.85. The quantitative estimate of drug-likeness (QED) is 0.549. The average Bonchev–Trinajstić information content (AvgIpc) is 2.17. The summed E-state index contributed by atoms with van der Waals surface area (Å²) >= 11 is 0. The minimum Gasteiger partial charge on any atom is -0.473 e. The molecule has 1 aromatic heterocycles. The van der Waals surface area contributed by atoms with E-state index in [9.17, 15) is 0 Å². The molecule has 0 aliphatic heterocycles. The summed E-state index contributed by atoms with van der Waals surface area (Å²) < 4.78 is 4.58. The Labute approximate surface area is 49.3 Å². The van der Waals surface area contributed by atoms with Crippen LogP contribution in [0.1, 0.15) is 6.92 Å². The van der Waals surface area contributed by atoms with Crippen LogP contribution in [0.4, 0.5) is 0 Å². The van der Waals surface area contributed by atoms with Gasteiger partial charge in [0.15, 0.2) is 0 Å². The van der Waals surface area contributed by atoms with E-state index in [1.165, 1.54) is 0 Å². The summed E-state index contributed by atoms with van der Waals surface area (Å²) in [6, 6.07) is 3.67. The Hall–Kier alpha value is -0.760. The third-order valence-corrected chi connectivity index (χ3v) is 0.425. The van der Waals surface area contributed by atoms with Gasteiger partial charge in [0.2, 0.25) is 0 Å². The molecule has 0 fully saturated rings. The van der Waals surface area contributed by atoms with E-state index in [1.54, 1.807) is 12.5 Å². The lowest BCUT2D eigenvalue weighted by Crippen LogP contribution is -1.87. The lowest BCUT2D eigenvalue weighted by atomic mass is 10.7. The van der Waals surface area contributed by atoms with Crippen LogP contribution in [0, 0.1) is 0 Å². The van der Waals surface area contributed by atoms with Crippen LogP contribution in [0.2, 0.25) is 0 Å². The van der Waals surface area contributed by atoms with Gasteiger partial charge < -0.3 is 10.2 Å². The molecule has 1 aromatic rings. The number of hydrogen-bond acceptors (Lipinski definition) is 2. The molecule has 2 nitrogen and oxygen atoms in total. The lowest BCUT2D eigenvalue weighted by molar-refractivity contribution is 0.567. The molecule has 0 radical (unpaired) electrons. The zero-order valence-electron chi connectivity index (χ0n) is 5.00. The van der Waals surface area contributed by atoms with Crippen molar-refractivity contribution >= 4 is 0 Å². The predicted octanol–water partition coefficient (Wildman–Crippen LogP) is 1.24. The van der Waals surface area contributed by atoms with Crippen LogP contribution < -0.4 is 5.73 Å². The Kier molecular flexibility index (Phi) is 5.65. The molecule has 1 heterocycles. The first kappa shape index (κ1) is 7.24. The molecule has 0 aliphatic rings. The molecule has 0 atom stereocenters. The number of hydrogen-bond donors (Lipinski definition) is 1. The van der Waals surface area contributed by atoms with Gasteiger partial charge in [-0.15, -0.1) is 0 Å². The van der Waals surface area contributed by atoms with E-state index >= 15 is 0 Å². The Morgan fingerprint density at radius 1 is 1.38 bits per heavy atom. The summed E-state index contributed by atoms with van der Waals surface area (Å²) in [5, 5.41) is 0. The highest BCUT2D eigenvalue weighted by atomic mass is 16.3. The van der Waals surface area contributed by atoms with Crippen LogP contribution in [0.25, 0.3) is 0 Å². The van der Waals surface area contributed by atoms with Gasteiger partial charge in [0, 0.05) is 0 Å². The largest absolute Gasteiger partial charge is 0.473 e. The first-order valence-corrected chi connectivity index (χ1v) is 2.59. The van der Waals surface area contributed by atoms with Crippen molar-refractivity contribution in [2.24, 2.45) is 5.73 Å². The fourth-order valence-electron chi connectivity index (χ4n) is 0.227. The number of furan rings is 1. The zero-order valence-corrected chi connectivity index (χ0v) is 5.00. The van der Waals surface area contributed by atoms with Crippen LogP contribution in [0.3, 0.4) is 0 Å². The molecule has 0 saturated heterocycles. The molecule has 46 valence electrons. The van der Waals surface area contributed by atoms with Crippen molar-refractivity contribution in [3.05, 3.63) is 24.7 Å². The first-order valence-electron chi connectivity index (χ1n) is 2.59. The fraction of sp³-hybridized carbons (Fsp3) is 0.333. The Bertz CT molecular complexity index is 75.4. The summed E-state index contributed by atoms with van der Waals surface area (Å²) in [6.07, 6.45) is 3.25. The van der Waals surface area contributed by atoms with E-state index in [0.717, 1.165) is 6.54 Å². The summed E-state index contributed by atoms with van der Waals surface area (Å²) in [5.74, 6) is 0. The second kappa shape index (κ2) is 6.24. The monoisotopic (exact) mass is 113 g/mol. The zero-order chi connectivity index (χ0) is 6.24. The average molecular weight is 113 g/mol. The summed E-state index contributed by atoms with van der Waals surface area (Å²) in [7, 11) is 0. The molecule has 0 spiro atoms. The third-order valence-electron chi connectivity index (χ3n) is 0.425. The molecule has 0 aromatic carbocycles. The summed E-state index contributed by atoms with van der Waals surface area (Å²) in [5.41, 5.74) is 4.85. The van der Waals surface area contributed by atoms with Gasteiger partial charge in [0.1, 0.15) is 0 Å². The Morgan fingerprint density at radius 3 is 1.88 bits per heavy atom. The van der Waals surface area contributed by atoms with Crippen molar-refractivity contribution in [1.29, 1.82) is 0 Å². The second-order valence-electron chi connectivity index (χ2n) is 1.20. The van der Waals surface area contributed by atoms with Crippen molar-refractivity contribution in [1.82, 2.24) is 0 Å². The molecule has 2 heteroatoms. The molecule has 0 unspecified atom stereocenters. The first-order chi connectivity index (χ1) is 3.91. The molecular weight excluding hydrogens is 102 g/mol. The topological polar surface area (TPSA) is 39.2 Å². The highest BCUT2D eigenvalue weighted by Gasteiger charge is 1.58. The summed E-state index contributed by atoms with van der Waals surface area (Å²) in [4.78, 5) is 0. The molecular formula is C6H11NO. The van der Waals surface area contributed by atoms with E-state index in [4.69, 9.17) is 5.73 Å². The molecule has 1 rings (SSSR count). The number of rotatable bonds is 0. The van der Waals surface area contributed by atoms with Crippen LogP contribution in [0.15, 0.2) is 29.1 Å². The maximum atomic E-state index is 4.85. The molecule has 0 bridgehead atoms. The van der Waals surface area contributed by atoms with Gasteiger partial charge in [-0.3, -0.25) is 0 Å². The van der Waals surface area contributed by atoms with E-state index in [1.807, 2.05) is 19.1 Å². The van der Waals surface area contributed by atoms with Gasteiger partial charge >= 0.3 is 0 Å². The summed E-state index contributed by atoms with van der Waals surface area (Å²) in [6.45, 7) is 2.65. The van der Waals surface area contributed by atoms with Crippen molar-refractivity contribution in [2.45, 2.75) is 6.92 Å². The van der Waals surface area contributed by atoms with E-state index in [0.29, 0.717) is 0 Å². The van der Waals surface area contributed by atoms with Crippen LogP contribution in [-0.4, -0.2) is 6.54 Å². The fourth-order valence-corrected chi connectivity index (χ4v) is 0.227. The SMILES string of the molecule is CCN.c1ccoc1. The molecule has 0 amide bonds. The minimum absolute atomic E-state index is 0.750. The standard InChI is InChI=1S/C4H4O.C2H7N/c1-2-4-5-3-1;1-2-3/h1-4H;2-3H2,1H3. The molecule has 0 saturated carbocycles. The van der Waals surface area contributed by atoms with Gasteiger partial charge in [-0.05, 0) is 18.7 Å². The van der Waals surface area contributed by atoms with Gasteiger partial charge in [0.25, 0.3) is 0 Å². The van der Waals surface area contributed by atoms with Crippen molar-refractivity contribution in [2.75, 3.05) is 6.54 Å². The highest BCUT2D eigenvalue weighted by molar-refractivity contribution is 4.79. The Balaban J connectivity index is 0.000000145. The molecule has 8 heavy (non-hydrogen) atoms. The Morgan fingerprint density at radius 2 is 1.75 bits per heavy atom. The minimum atomic E-state index is 0.750. The van der Waals surface area contributed by atoms with Gasteiger partial charge in [-0.1, -0.05) is 6.92 Å². The predicted molar refractivity (Wildman–Crippen MR) is 33.4 cm³/mol.